The zero-order valence-corrected chi connectivity index (χ0v) is 17.9. The Morgan fingerprint density at radius 3 is 2.60 bits per heavy atom. The number of nitrogen functional groups attached to an aromatic ring is 1. The maximum absolute atomic E-state index is 13.2. The number of carbonyl (C=O) groups excluding carboxylic acids is 1. The van der Waals surface area contributed by atoms with Crippen LogP contribution in [-0.2, 0) is 4.79 Å². The zero-order chi connectivity index (χ0) is 21.8. The lowest BCUT2D eigenvalue weighted by atomic mass is 10.2. The molecule has 1 atom stereocenters. The monoisotopic (exact) mass is 451 g/mol. The van der Waals surface area contributed by atoms with Crippen LogP contribution in [0.5, 0.6) is 11.5 Å². The van der Waals surface area contributed by atoms with Crippen LogP contribution in [0.4, 0.5) is 10.1 Å². The first-order chi connectivity index (χ1) is 14.3. The fraction of sp³-hybridized carbons (Fsp3) is 0.211. The number of anilines is 1. The van der Waals surface area contributed by atoms with E-state index in [4.69, 9.17) is 26.9 Å². The highest BCUT2D eigenvalue weighted by Gasteiger charge is 2.21. The molecule has 2 aromatic carbocycles. The molecule has 0 saturated carbocycles. The van der Waals surface area contributed by atoms with Crippen LogP contribution in [0.1, 0.15) is 6.92 Å². The van der Waals surface area contributed by atoms with E-state index >= 15 is 0 Å². The second-order valence-electron chi connectivity index (χ2n) is 6.12. The van der Waals surface area contributed by atoms with E-state index < -0.39 is 11.1 Å². The molecule has 3 rings (SSSR count). The summed E-state index contributed by atoms with van der Waals surface area (Å²) in [5.41, 5.74) is 0.987. The topological polar surface area (TPSA) is 104 Å². The number of methoxy groups -OCH3 is 2. The lowest BCUT2D eigenvalue weighted by molar-refractivity contribution is -0.115. The normalized spacial score (nSPS) is 11.8. The number of hydrogen-bond acceptors (Lipinski definition) is 7. The number of nitrogens with two attached hydrogens (primary N) is 1. The molecule has 0 unspecified atom stereocenters. The van der Waals surface area contributed by atoms with Gasteiger partial charge < -0.3 is 20.6 Å². The molecule has 1 amide bonds. The summed E-state index contributed by atoms with van der Waals surface area (Å²) in [4.78, 5) is 12.5. The predicted octanol–water partition coefficient (Wildman–Crippen LogP) is 3.59. The van der Waals surface area contributed by atoms with Gasteiger partial charge in [-0.2, -0.15) is 0 Å². The van der Waals surface area contributed by atoms with Crippen molar-refractivity contribution in [3.8, 4) is 22.9 Å². The van der Waals surface area contributed by atoms with Crippen LogP contribution in [0.25, 0.3) is 11.4 Å². The summed E-state index contributed by atoms with van der Waals surface area (Å²) in [6.07, 6.45) is 0. The Labute approximate surface area is 181 Å². The van der Waals surface area contributed by atoms with Crippen LogP contribution in [0.2, 0.25) is 5.02 Å². The summed E-state index contributed by atoms with van der Waals surface area (Å²) in [5, 5.41) is 10.7. The van der Waals surface area contributed by atoms with Crippen molar-refractivity contribution in [3.63, 3.8) is 0 Å². The highest BCUT2D eigenvalue weighted by molar-refractivity contribution is 8.00. The molecule has 3 N–H and O–H groups in total. The quantitative estimate of drug-likeness (QED) is 0.417. The highest BCUT2D eigenvalue weighted by Crippen LogP contribution is 2.33. The number of ether oxygens (including phenoxy) is 2. The van der Waals surface area contributed by atoms with Crippen molar-refractivity contribution < 1.29 is 18.7 Å². The smallest absolute Gasteiger partial charge is 0.237 e. The van der Waals surface area contributed by atoms with Crippen molar-refractivity contribution in [2.24, 2.45) is 0 Å². The summed E-state index contributed by atoms with van der Waals surface area (Å²) in [5.74, 6) is 6.81. The average Bonchev–Trinajstić information content (AvgIpc) is 3.09. The minimum atomic E-state index is -0.573. The molecule has 1 aromatic heterocycles. The van der Waals surface area contributed by atoms with Crippen LogP contribution in [-0.4, -0.2) is 40.3 Å². The van der Waals surface area contributed by atoms with Gasteiger partial charge in [-0.3, -0.25) is 4.79 Å². The maximum atomic E-state index is 13.2. The number of carbonyl (C=O) groups is 1. The summed E-state index contributed by atoms with van der Waals surface area (Å²) in [7, 11) is 3.08. The summed E-state index contributed by atoms with van der Waals surface area (Å²) in [6.45, 7) is 1.68. The maximum Gasteiger partial charge on any atom is 0.237 e. The van der Waals surface area contributed by atoms with Gasteiger partial charge in [0, 0.05) is 5.56 Å². The van der Waals surface area contributed by atoms with E-state index in [2.05, 4.69) is 15.5 Å². The predicted molar refractivity (Wildman–Crippen MR) is 114 cm³/mol. The lowest BCUT2D eigenvalue weighted by Crippen LogP contribution is -2.23. The Morgan fingerprint density at radius 1 is 1.20 bits per heavy atom. The number of aromatic nitrogens is 3. The Hall–Kier alpha value is -2.98. The Kier molecular flexibility index (Phi) is 6.68. The van der Waals surface area contributed by atoms with Crippen molar-refractivity contribution in [1.29, 1.82) is 0 Å². The minimum Gasteiger partial charge on any atom is -0.493 e. The average molecular weight is 452 g/mol. The number of thioether (sulfide) groups is 1. The molecule has 0 aliphatic heterocycles. The van der Waals surface area contributed by atoms with Crippen molar-refractivity contribution in [2.75, 3.05) is 25.4 Å². The zero-order valence-electron chi connectivity index (χ0n) is 16.3. The van der Waals surface area contributed by atoms with Crippen molar-refractivity contribution in [1.82, 2.24) is 14.9 Å². The van der Waals surface area contributed by atoms with Gasteiger partial charge in [0.25, 0.3) is 0 Å². The highest BCUT2D eigenvalue weighted by atomic mass is 35.5. The van der Waals surface area contributed by atoms with Crippen LogP contribution in [0, 0.1) is 5.82 Å². The molecular formula is C19H19ClFN5O3S. The van der Waals surface area contributed by atoms with E-state index in [-0.39, 0.29) is 10.9 Å². The van der Waals surface area contributed by atoms with Crippen LogP contribution < -0.4 is 20.6 Å². The number of halogens is 2. The van der Waals surface area contributed by atoms with E-state index in [1.54, 1.807) is 32.2 Å². The van der Waals surface area contributed by atoms with Crippen molar-refractivity contribution in [3.05, 3.63) is 47.2 Å². The van der Waals surface area contributed by atoms with Gasteiger partial charge in [-0.25, -0.2) is 9.07 Å². The molecule has 0 spiro atoms. The minimum absolute atomic E-state index is 0.110. The van der Waals surface area contributed by atoms with Crippen molar-refractivity contribution in [2.45, 2.75) is 17.3 Å². The third kappa shape index (κ3) is 4.60. The number of nitrogens with zero attached hydrogens (tertiary/aromatic N) is 3. The second-order valence-corrected chi connectivity index (χ2v) is 7.83. The standard InChI is InChI=1S/C19H19ClFN5O3S/c1-10(18(27)23-14-6-5-12(21)9-13(14)20)30-19-25-24-17(26(19)22)11-4-7-15(28-2)16(8-11)29-3/h4-10H,22H2,1-3H3,(H,23,27)/t10-/m0/s1. The molecule has 0 bridgehead atoms. The molecule has 0 radical (unpaired) electrons. The molecule has 30 heavy (non-hydrogen) atoms. The van der Waals surface area contributed by atoms with Gasteiger partial charge in [0.15, 0.2) is 17.3 Å². The number of benzene rings is 2. The number of rotatable bonds is 7. The molecule has 8 nitrogen and oxygen atoms in total. The van der Waals surface area contributed by atoms with Gasteiger partial charge >= 0.3 is 0 Å². The van der Waals surface area contributed by atoms with Crippen molar-refractivity contribution >= 4 is 35.0 Å². The summed E-state index contributed by atoms with van der Waals surface area (Å²) in [6, 6.07) is 8.97. The first kappa shape index (κ1) is 21.7. The van der Waals surface area contributed by atoms with E-state index in [9.17, 15) is 9.18 Å². The molecular weight excluding hydrogens is 433 g/mol. The largest absolute Gasteiger partial charge is 0.493 e. The summed E-state index contributed by atoms with van der Waals surface area (Å²) >= 11 is 7.07. The molecule has 11 heteroatoms. The molecule has 1 heterocycles. The molecule has 3 aromatic rings. The lowest BCUT2D eigenvalue weighted by Gasteiger charge is -2.13. The fourth-order valence-corrected chi connectivity index (χ4v) is 3.55. The van der Waals surface area contributed by atoms with Gasteiger partial charge in [0.05, 0.1) is 30.2 Å². The second kappa shape index (κ2) is 9.23. The molecule has 0 fully saturated rings. The van der Waals surface area contributed by atoms with Crippen LogP contribution >= 0.6 is 23.4 Å². The van der Waals surface area contributed by atoms with E-state index in [1.165, 1.54) is 23.9 Å². The van der Waals surface area contributed by atoms with E-state index in [1.807, 2.05) is 0 Å². The third-order valence-electron chi connectivity index (χ3n) is 4.15. The van der Waals surface area contributed by atoms with Crippen LogP contribution in [0.15, 0.2) is 41.6 Å². The SMILES string of the molecule is COc1ccc(-c2nnc(S[C@@H](C)C(=O)Nc3ccc(F)cc3Cl)n2N)cc1OC. The van der Waals surface area contributed by atoms with E-state index in [0.29, 0.717) is 33.7 Å². The molecule has 0 aliphatic carbocycles. The van der Waals surface area contributed by atoms with Gasteiger partial charge in [-0.05, 0) is 43.3 Å². The fourth-order valence-electron chi connectivity index (χ4n) is 2.57. The molecule has 0 aliphatic rings. The number of hydrogen-bond donors (Lipinski definition) is 2. The number of amides is 1. The first-order valence-electron chi connectivity index (χ1n) is 8.69. The van der Waals surface area contributed by atoms with Gasteiger partial charge in [0.1, 0.15) is 5.82 Å². The van der Waals surface area contributed by atoms with Gasteiger partial charge in [-0.15, -0.1) is 10.2 Å². The van der Waals surface area contributed by atoms with Crippen LogP contribution in [0.3, 0.4) is 0 Å². The number of nitrogens with one attached hydrogen (secondary N) is 1. The molecule has 158 valence electrons. The molecule has 0 saturated heterocycles. The summed E-state index contributed by atoms with van der Waals surface area (Å²) < 4.78 is 25.0. The Morgan fingerprint density at radius 2 is 1.93 bits per heavy atom. The third-order valence-corrected chi connectivity index (χ3v) is 5.52. The Balaban J connectivity index is 1.75. The van der Waals surface area contributed by atoms with E-state index in [0.717, 1.165) is 17.8 Å². The van der Waals surface area contributed by atoms with Gasteiger partial charge in [-0.1, -0.05) is 23.4 Å². The first-order valence-corrected chi connectivity index (χ1v) is 9.95. The Bertz CT molecular complexity index is 1080. The van der Waals surface area contributed by atoms with Gasteiger partial charge in [0.2, 0.25) is 11.1 Å².